The van der Waals surface area contributed by atoms with E-state index in [0.717, 1.165) is 58.1 Å². The smallest absolute Gasteiger partial charge is 0.131 e. The van der Waals surface area contributed by atoms with Gasteiger partial charge in [-0.2, -0.15) is 5.10 Å². The van der Waals surface area contributed by atoms with Crippen LogP contribution in [0.25, 0.3) is 33.4 Å². The first-order chi connectivity index (χ1) is 14.3. The molecule has 0 aromatic carbocycles. The largest absolute Gasteiger partial charge is 0.496 e. The summed E-state index contributed by atoms with van der Waals surface area (Å²) in [5, 5.41) is 8.59. The number of H-pyrrole nitrogens is 1. The zero-order chi connectivity index (χ0) is 19.8. The molecule has 5 heterocycles. The van der Waals surface area contributed by atoms with Crippen LogP contribution < -0.4 is 9.64 Å². The second kappa shape index (κ2) is 7.14. The number of nitrogens with zero attached hydrogens (tertiary/aromatic N) is 5. The second-order valence-corrected chi connectivity index (χ2v) is 6.93. The summed E-state index contributed by atoms with van der Waals surface area (Å²) >= 11 is 0. The number of aromatic amines is 1. The molecule has 0 aliphatic carbocycles. The van der Waals surface area contributed by atoms with E-state index in [0.29, 0.717) is 0 Å². The van der Waals surface area contributed by atoms with Crippen molar-refractivity contribution in [2.75, 3.05) is 32.2 Å². The molecule has 0 spiro atoms. The van der Waals surface area contributed by atoms with Gasteiger partial charge < -0.3 is 14.4 Å². The normalized spacial score (nSPS) is 14.2. The highest BCUT2D eigenvalue weighted by atomic mass is 16.5. The minimum absolute atomic E-state index is 0.273. The summed E-state index contributed by atoms with van der Waals surface area (Å²) in [5.41, 5.74) is 4.35. The molecule has 4 aromatic heterocycles. The van der Waals surface area contributed by atoms with E-state index in [4.69, 9.17) is 9.47 Å². The van der Waals surface area contributed by atoms with Gasteiger partial charge in [0, 0.05) is 49.7 Å². The number of pyridine rings is 3. The van der Waals surface area contributed by atoms with Gasteiger partial charge >= 0.3 is 0 Å². The Hall–Kier alpha value is -3.52. The molecule has 1 fully saturated rings. The fourth-order valence-electron chi connectivity index (χ4n) is 3.55. The van der Waals surface area contributed by atoms with E-state index in [9.17, 15) is 0 Å². The van der Waals surface area contributed by atoms with Gasteiger partial charge in [0.05, 0.1) is 36.2 Å². The molecule has 0 saturated carbocycles. The van der Waals surface area contributed by atoms with Gasteiger partial charge in [0.25, 0.3) is 0 Å². The van der Waals surface area contributed by atoms with E-state index >= 15 is 0 Å². The maximum Gasteiger partial charge on any atom is 0.131 e. The molecule has 4 aromatic rings. The van der Waals surface area contributed by atoms with E-state index in [-0.39, 0.29) is 6.10 Å². The molecule has 0 atom stereocenters. The Morgan fingerprint density at radius 2 is 1.97 bits per heavy atom. The lowest BCUT2D eigenvalue weighted by molar-refractivity contribution is 0.0783. The standard InChI is InChI=1S/C21H20N6O2/c1-28-14-11-27(12-14)20-7-13(3-6-23-20)21-15-8-17(24-10-18(15)25-26-21)16-9-22-5-4-19(16)29-2/h3-10,14H,11-12H2,1-2H3,(H,25,26). The first kappa shape index (κ1) is 17.6. The molecule has 1 N–H and O–H groups in total. The zero-order valence-electron chi connectivity index (χ0n) is 16.2. The molecule has 8 nitrogen and oxygen atoms in total. The van der Waals surface area contributed by atoms with Crippen molar-refractivity contribution in [1.29, 1.82) is 0 Å². The van der Waals surface area contributed by atoms with Crippen LogP contribution in [0.5, 0.6) is 5.75 Å². The lowest BCUT2D eigenvalue weighted by atomic mass is 10.1. The summed E-state index contributed by atoms with van der Waals surface area (Å²) in [5.74, 6) is 1.66. The molecule has 1 aliphatic heterocycles. The molecule has 0 radical (unpaired) electrons. The summed E-state index contributed by atoms with van der Waals surface area (Å²) in [6.07, 6.45) is 7.33. The van der Waals surface area contributed by atoms with Crippen molar-refractivity contribution in [3.8, 4) is 28.3 Å². The van der Waals surface area contributed by atoms with Gasteiger partial charge in [-0.25, -0.2) is 4.98 Å². The zero-order valence-corrected chi connectivity index (χ0v) is 16.2. The highest BCUT2D eigenvalue weighted by Gasteiger charge is 2.27. The van der Waals surface area contributed by atoms with Crippen molar-refractivity contribution in [3.05, 3.63) is 49.1 Å². The Labute approximate surface area is 167 Å². The fourth-order valence-corrected chi connectivity index (χ4v) is 3.55. The number of aromatic nitrogens is 5. The summed E-state index contributed by atoms with van der Waals surface area (Å²) in [6.45, 7) is 1.70. The van der Waals surface area contributed by atoms with Gasteiger partial charge in [-0.3, -0.25) is 15.1 Å². The van der Waals surface area contributed by atoms with Gasteiger partial charge in [0.1, 0.15) is 17.3 Å². The molecule has 29 heavy (non-hydrogen) atoms. The van der Waals surface area contributed by atoms with Crippen molar-refractivity contribution in [2.24, 2.45) is 0 Å². The van der Waals surface area contributed by atoms with Gasteiger partial charge in [-0.1, -0.05) is 0 Å². The summed E-state index contributed by atoms with van der Waals surface area (Å²) in [7, 11) is 3.38. The SMILES string of the molecule is COc1ccncc1-c1cc2c(-c3ccnc(N4CC(OC)C4)c3)n[nH]c2cn1. The Morgan fingerprint density at radius 1 is 1.07 bits per heavy atom. The van der Waals surface area contributed by atoms with Crippen LogP contribution in [0, 0.1) is 0 Å². The van der Waals surface area contributed by atoms with Crippen LogP contribution in [0.1, 0.15) is 0 Å². The maximum absolute atomic E-state index is 5.46. The van der Waals surface area contributed by atoms with Crippen LogP contribution in [0.15, 0.2) is 49.1 Å². The molecule has 0 bridgehead atoms. The molecule has 0 amide bonds. The van der Waals surface area contributed by atoms with Crippen LogP contribution in [0.3, 0.4) is 0 Å². The van der Waals surface area contributed by atoms with E-state index in [2.05, 4.69) is 36.1 Å². The molecule has 8 heteroatoms. The first-order valence-corrected chi connectivity index (χ1v) is 9.33. The number of anilines is 1. The van der Waals surface area contributed by atoms with Crippen LogP contribution in [-0.4, -0.2) is 58.6 Å². The lowest BCUT2D eigenvalue weighted by Crippen LogP contribution is -2.52. The minimum Gasteiger partial charge on any atom is -0.496 e. The Morgan fingerprint density at radius 3 is 2.79 bits per heavy atom. The van der Waals surface area contributed by atoms with Crippen LogP contribution in [-0.2, 0) is 4.74 Å². The Balaban J connectivity index is 1.55. The van der Waals surface area contributed by atoms with Gasteiger partial charge in [-0.05, 0) is 24.3 Å². The maximum atomic E-state index is 5.46. The van der Waals surface area contributed by atoms with Gasteiger partial charge in [0.15, 0.2) is 0 Å². The molecule has 5 rings (SSSR count). The number of rotatable bonds is 5. The number of ether oxygens (including phenoxy) is 2. The monoisotopic (exact) mass is 388 g/mol. The number of hydrogen-bond donors (Lipinski definition) is 1. The van der Waals surface area contributed by atoms with Crippen LogP contribution >= 0.6 is 0 Å². The van der Waals surface area contributed by atoms with Crippen molar-refractivity contribution >= 4 is 16.7 Å². The summed E-state index contributed by atoms with van der Waals surface area (Å²) < 4.78 is 10.8. The Bertz CT molecular complexity index is 1170. The van der Waals surface area contributed by atoms with Crippen molar-refractivity contribution in [1.82, 2.24) is 25.1 Å². The predicted molar refractivity (Wildman–Crippen MR) is 110 cm³/mol. The molecule has 1 saturated heterocycles. The lowest BCUT2D eigenvalue weighted by Gasteiger charge is -2.39. The van der Waals surface area contributed by atoms with Crippen LogP contribution in [0.4, 0.5) is 5.82 Å². The van der Waals surface area contributed by atoms with E-state index in [1.165, 1.54) is 0 Å². The van der Waals surface area contributed by atoms with Gasteiger partial charge in [-0.15, -0.1) is 0 Å². The van der Waals surface area contributed by atoms with Crippen molar-refractivity contribution in [2.45, 2.75) is 6.10 Å². The highest BCUT2D eigenvalue weighted by molar-refractivity contribution is 5.95. The molecular weight excluding hydrogens is 368 g/mol. The summed E-state index contributed by atoms with van der Waals surface area (Å²) in [6, 6.07) is 7.87. The molecule has 1 aliphatic rings. The van der Waals surface area contributed by atoms with E-state index < -0.39 is 0 Å². The number of methoxy groups -OCH3 is 2. The quantitative estimate of drug-likeness (QED) is 0.562. The third-order valence-corrected chi connectivity index (χ3v) is 5.25. The van der Waals surface area contributed by atoms with Crippen LogP contribution in [0.2, 0.25) is 0 Å². The minimum atomic E-state index is 0.273. The van der Waals surface area contributed by atoms with E-state index in [1.807, 2.05) is 24.4 Å². The fraction of sp³-hybridized carbons (Fsp3) is 0.238. The average Bonchev–Trinajstić information content (AvgIpc) is 3.16. The molecule has 146 valence electrons. The Kier molecular flexibility index (Phi) is 4.33. The predicted octanol–water partition coefficient (Wildman–Crippen LogP) is 2.93. The first-order valence-electron chi connectivity index (χ1n) is 9.33. The highest BCUT2D eigenvalue weighted by Crippen LogP contribution is 2.33. The number of fused-ring (bicyclic) bond motifs is 1. The number of nitrogens with one attached hydrogen (secondary N) is 1. The summed E-state index contributed by atoms with van der Waals surface area (Å²) in [4.78, 5) is 15.5. The molecule has 0 unspecified atom stereocenters. The average molecular weight is 388 g/mol. The topological polar surface area (TPSA) is 89.0 Å². The molecular formula is C21H20N6O2. The third-order valence-electron chi connectivity index (χ3n) is 5.25. The van der Waals surface area contributed by atoms with E-state index in [1.54, 1.807) is 32.8 Å². The van der Waals surface area contributed by atoms with Crippen molar-refractivity contribution in [3.63, 3.8) is 0 Å². The van der Waals surface area contributed by atoms with Gasteiger partial charge in [0.2, 0.25) is 0 Å². The van der Waals surface area contributed by atoms with Crippen molar-refractivity contribution < 1.29 is 9.47 Å². The third kappa shape index (κ3) is 3.07. The second-order valence-electron chi connectivity index (χ2n) is 6.93. The number of hydrogen-bond acceptors (Lipinski definition) is 7.